The van der Waals surface area contributed by atoms with Crippen LogP contribution in [0.1, 0.15) is 37.7 Å². The molecule has 3 fully saturated rings. The normalized spacial score (nSPS) is 21.7. The van der Waals surface area contributed by atoms with E-state index in [0.29, 0.717) is 16.6 Å². The summed E-state index contributed by atoms with van der Waals surface area (Å²) in [6.45, 7) is 0. The highest BCUT2D eigenvalue weighted by atomic mass is 19.1. The Kier molecular flexibility index (Phi) is 4.97. The van der Waals surface area contributed by atoms with Crippen LogP contribution < -0.4 is 0 Å². The summed E-state index contributed by atoms with van der Waals surface area (Å²) in [7, 11) is 0. The van der Waals surface area contributed by atoms with Gasteiger partial charge in [0, 0.05) is 17.1 Å². The molecule has 3 aliphatic rings. The first kappa shape index (κ1) is 20.9. The van der Waals surface area contributed by atoms with Gasteiger partial charge in [-0.1, -0.05) is 49.2 Å². The van der Waals surface area contributed by atoms with E-state index in [0.717, 1.165) is 51.9 Å². The average Bonchev–Trinajstić information content (AvgIpc) is 3.30. The molecule has 0 N–H and O–H groups in total. The van der Waals surface area contributed by atoms with E-state index in [1.165, 1.54) is 37.7 Å². The van der Waals surface area contributed by atoms with Gasteiger partial charge in [0.05, 0.1) is 11.1 Å². The molecule has 3 saturated carbocycles. The van der Waals surface area contributed by atoms with Gasteiger partial charge >= 0.3 is 0 Å². The Bertz CT molecular complexity index is 1530. The number of halogens is 1. The number of aromatic nitrogens is 1. The van der Waals surface area contributed by atoms with Gasteiger partial charge in [-0.2, -0.15) is 0 Å². The van der Waals surface area contributed by atoms with E-state index < -0.39 is 0 Å². The van der Waals surface area contributed by atoms with Crippen molar-refractivity contribution in [3.63, 3.8) is 0 Å². The first-order chi connectivity index (χ1) is 17.2. The largest absolute Gasteiger partial charge is 0.455 e. The highest BCUT2D eigenvalue weighted by Gasteiger charge is 2.35. The number of hydrogen-bond donors (Lipinski definition) is 0. The predicted molar refractivity (Wildman–Crippen MR) is 140 cm³/mol. The predicted octanol–water partition coefficient (Wildman–Crippen LogP) is 8.82. The summed E-state index contributed by atoms with van der Waals surface area (Å²) in [4.78, 5) is 4.68. The van der Waals surface area contributed by atoms with Crippen molar-refractivity contribution in [2.75, 3.05) is 0 Å². The van der Waals surface area contributed by atoms with Crippen LogP contribution in [0, 0.1) is 23.6 Å². The fourth-order valence-electron chi connectivity index (χ4n) is 6.67. The smallest absolute Gasteiger partial charge is 0.147 e. The first-order valence-corrected chi connectivity index (χ1v) is 12.9. The quantitative estimate of drug-likeness (QED) is 0.267. The Hall–Kier alpha value is -3.46. The van der Waals surface area contributed by atoms with E-state index >= 15 is 4.39 Å². The van der Waals surface area contributed by atoms with Gasteiger partial charge < -0.3 is 4.42 Å². The molecule has 3 aliphatic carbocycles. The molecule has 2 bridgehead atoms. The first-order valence-electron chi connectivity index (χ1n) is 12.9. The lowest BCUT2D eigenvalue weighted by Gasteiger charge is -2.42. The molecule has 1 unspecified atom stereocenters. The van der Waals surface area contributed by atoms with Crippen molar-refractivity contribution in [2.24, 2.45) is 17.8 Å². The van der Waals surface area contributed by atoms with Crippen molar-refractivity contribution in [2.45, 2.75) is 38.5 Å². The van der Waals surface area contributed by atoms with E-state index in [9.17, 15) is 0 Å². The Morgan fingerprint density at radius 1 is 0.857 bits per heavy atom. The van der Waals surface area contributed by atoms with Crippen LogP contribution in [0.15, 0.2) is 83.4 Å². The summed E-state index contributed by atoms with van der Waals surface area (Å²) < 4.78 is 21.4. The lowest BCUT2D eigenvalue weighted by molar-refractivity contribution is 0.0991. The van der Waals surface area contributed by atoms with Crippen LogP contribution in [0.3, 0.4) is 0 Å². The van der Waals surface area contributed by atoms with Crippen molar-refractivity contribution < 1.29 is 8.81 Å². The second-order valence-corrected chi connectivity index (χ2v) is 10.5. The molecule has 0 spiro atoms. The van der Waals surface area contributed by atoms with Gasteiger partial charge in [0.1, 0.15) is 17.0 Å². The van der Waals surface area contributed by atoms with Crippen molar-refractivity contribution >= 4 is 21.9 Å². The van der Waals surface area contributed by atoms with Gasteiger partial charge in [-0.3, -0.25) is 4.98 Å². The molecule has 0 amide bonds. The fourth-order valence-corrected chi connectivity index (χ4v) is 6.67. The molecule has 8 rings (SSSR count). The molecular weight excluding hydrogens is 433 g/mol. The second-order valence-electron chi connectivity index (χ2n) is 10.5. The van der Waals surface area contributed by atoms with Gasteiger partial charge in [0.15, 0.2) is 0 Å². The zero-order chi connectivity index (χ0) is 23.4. The van der Waals surface area contributed by atoms with Crippen LogP contribution in [-0.4, -0.2) is 4.98 Å². The van der Waals surface area contributed by atoms with Crippen molar-refractivity contribution in [3.8, 4) is 22.4 Å². The zero-order valence-corrected chi connectivity index (χ0v) is 19.7. The van der Waals surface area contributed by atoms with E-state index in [-0.39, 0.29) is 5.82 Å². The summed E-state index contributed by atoms with van der Waals surface area (Å²) >= 11 is 0. The summed E-state index contributed by atoms with van der Waals surface area (Å²) in [5, 5.41) is 1.34. The Morgan fingerprint density at radius 3 is 2.51 bits per heavy atom. The van der Waals surface area contributed by atoms with Gasteiger partial charge in [-0.05, 0) is 96.5 Å². The SMILES string of the molecule is Fc1ccc(-c2cc(CC3CC4CCC3CC4)ccn2)c2oc3ccc(-c4ccccc4)cc3c12. The molecule has 2 nitrogen and oxygen atoms in total. The lowest BCUT2D eigenvalue weighted by atomic mass is 9.63. The van der Waals surface area contributed by atoms with Gasteiger partial charge in [-0.15, -0.1) is 0 Å². The molecule has 174 valence electrons. The number of hydrogen-bond acceptors (Lipinski definition) is 2. The lowest BCUT2D eigenvalue weighted by Crippen LogP contribution is -2.32. The van der Waals surface area contributed by atoms with Gasteiger partial charge in [-0.25, -0.2) is 4.39 Å². The highest BCUT2D eigenvalue weighted by molar-refractivity contribution is 6.10. The Labute approximate surface area is 204 Å². The monoisotopic (exact) mass is 461 g/mol. The molecule has 35 heavy (non-hydrogen) atoms. The topological polar surface area (TPSA) is 26.0 Å². The molecule has 3 aromatic carbocycles. The van der Waals surface area contributed by atoms with Crippen molar-refractivity contribution in [1.82, 2.24) is 4.98 Å². The number of fused-ring (bicyclic) bond motifs is 6. The zero-order valence-electron chi connectivity index (χ0n) is 19.7. The molecular formula is C32H28FNO. The minimum Gasteiger partial charge on any atom is -0.455 e. The third-order valence-corrected chi connectivity index (χ3v) is 8.47. The number of benzene rings is 3. The van der Waals surface area contributed by atoms with E-state index in [4.69, 9.17) is 4.42 Å². The molecule has 0 radical (unpaired) electrons. The summed E-state index contributed by atoms with van der Waals surface area (Å²) in [5.41, 5.74) is 6.46. The molecule has 2 heterocycles. The van der Waals surface area contributed by atoms with E-state index in [1.807, 2.05) is 48.7 Å². The molecule has 3 heteroatoms. The fraction of sp³-hybridized carbons (Fsp3) is 0.281. The standard InChI is InChI=1S/C32H28FNO/c33-28-12-11-26(29-18-21(14-15-34-29)17-25-16-20-6-8-23(25)9-7-20)32-31(28)27-19-24(10-13-30(27)35-32)22-4-2-1-3-5-22/h1-5,10-15,18-20,23,25H,6-9,16-17H2. The van der Waals surface area contributed by atoms with E-state index in [2.05, 4.69) is 29.2 Å². The second kappa shape index (κ2) is 8.34. The summed E-state index contributed by atoms with van der Waals surface area (Å²) in [6.07, 6.45) is 10.0. The highest BCUT2D eigenvalue weighted by Crippen LogP contribution is 2.46. The van der Waals surface area contributed by atoms with Crippen LogP contribution in [-0.2, 0) is 6.42 Å². The van der Waals surface area contributed by atoms with Crippen LogP contribution >= 0.6 is 0 Å². The van der Waals surface area contributed by atoms with Crippen LogP contribution in [0.2, 0.25) is 0 Å². The minimum atomic E-state index is -0.262. The molecule has 0 saturated heterocycles. The number of nitrogens with zero attached hydrogens (tertiary/aromatic N) is 1. The maximum absolute atomic E-state index is 15.2. The van der Waals surface area contributed by atoms with Crippen molar-refractivity contribution in [1.29, 1.82) is 0 Å². The summed E-state index contributed by atoms with van der Waals surface area (Å²) in [6, 6.07) is 23.9. The minimum absolute atomic E-state index is 0.262. The number of pyridine rings is 1. The molecule has 2 aromatic heterocycles. The Balaban J connectivity index is 1.30. The van der Waals surface area contributed by atoms with Crippen LogP contribution in [0.5, 0.6) is 0 Å². The van der Waals surface area contributed by atoms with Crippen LogP contribution in [0.4, 0.5) is 4.39 Å². The van der Waals surface area contributed by atoms with E-state index in [1.54, 1.807) is 6.07 Å². The average molecular weight is 462 g/mol. The van der Waals surface area contributed by atoms with Crippen LogP contribution in [0.25, 0.3) is 44.3 Å². The van der Waals surface area contributed by atoms with Crippen molar-refractivity contribution in [3.05, 3.63) is 90.4 Å². The van der Waals surface area contributed by atoms with Gasteiger partial charge in [0.25, 0.3) is 0 Å². The molecule has 5 aromatic rings. The summed E-state index contributed by atoms with van der Waals surface area (Å²) in [5.74, 6) is 2.33. The van der Waals surface area contributed by atoms with Gasteiger partial charge in [0.2, 0.25) is 0 Å². The third kappa shape index (κ3) is 3.65. The maximum Gasteiger partial charge on any atom is 0.147 e. The Morgan fingerprint density at radius 2 is 1.71 bits per heavy atom. The number of rotatable bonds is 4. The maximum atomic E-state index is 15.2. The third-order valence-electron chi connectivity index (χ3n) is 8.47. The molecule has 0 aliphatic heterocycles. The number of furan rings is 1. The molecule has 1 atom stereocenters.